The SMILES string of the molecule is C.C.CC(=O)CCOCOCCC(C)=O.CC/C(C)=N/N.CC/C(C)=N/N.CC/C(C)=N/N=C(\C)CCOCOCC/C(C)=N/N=C(\C)CC. The summed E-state index contributed by atoms with van der Waals surface area (Å²) in [5, 5.41) is 23.4. The van der Waals surface area contributed by atoms with Gasteiger partial charge in [0.2, 0.25) is 0 Å². The van der Waals surface area contributed by atoms with Crippen molar-refractivity contribution < 1.29 is 28.5 Å². The molecule has 0 bridgehead atoms. The molecule has 0 saturated heterocycles. The van der Waals surface area contributed by atoms with E-state index < -0.39 is 0 Å². The van der Waals surface area contributed by atoms with E-state index in [1.54, 1.807) is 0 Å². The van der Waals surface area contributed by atoms with E-state index in [0.29, 0.717) is 39.3 Å². The fourth-order valence-electron chi connectivity index (χ4n) is 1.99. The van der Waals surface area contributed by atoms with E-state index in [0.717, 1.165) is 72.8 Å². The van der Waals surface area contributed by atoms with Gasteiger partial charge in [0.05, 0.1) is 26.4 Å². The molecule has 0 aromatic heterocycles. The zero-order valence-electron chi connectivity index (χ0n) is 32.2. The second kappa shape index (κ2) is 45.8. The van der Waals surface area contributed by atoms with Crippen LogP contribution in [0.25, 0.3) is 0 Å². The Kier molecular flexibility index (Phi) is 54.0. The van der Waals surface area contributed by atoms with Gasteiger partial charge in [0.15, 0.2) is 0 Å². The second-order valence-corrected chi connectivity index (χ2v) is 10.8. The number of carbonyl (C=O) groups excluding carboxylic acids is 2. The van der Waals surface area contributed by atoms with E-state index in [4.69, 9.17) is 30.6 Å². The van der Waals surface area contributed by atoms with Crippen LogP contribution in [0, 0.1) is 0 Å². The third-order valence-corrected chi connectivity index (χ3v) is 6.02. The lowest BCUT2D eigenvalue weighted by Crippen LogP contribution is -2.07. The highest BCUT2D eigenvalue weighted by atomic mass is 16.7. The Labute approximate surface area is 305 Å². The van der Waals surface area contributed by atoms with Crippen LogP contribution in [0.3, 0.4) is 0 Å². The van der Waals surface area contributed by atoms with Gasteiger partial charge in [-0.2, -0.15) is 30.6 Å². The first-order valence-electron chi connectivity index (χ1n) is 16.6. The van der Waals surface area contributed by atoms with Crippen molar-refractivity contribution in [3.63, 3.8) is 0 Å². The minimum Gasteiger partial charge on any atom is -0.355 e. The average molecular weight is 717 g/mol. The fourth-order valence-corrected chi connectivity index (χ4v) is 1.99. The molecule has 0 aliphatic heterocycles. The molecule has 0 atom stereocenters. The van der Waals surface area contributed by atoms with Crippen molar-refractivity contribution in [2.45, 2.75) is 149 Å². The van der Waals surface area contributed by atoms with Crippen LogP contribution in [0.4, 0.5) is 0 Å². The molecule has 0 rings (SSSR count). The molecule has 0 spiro atoms. The zero-order chi connectivity index (χ0) is 37.6. The minimum absolute atomic E-state index is 0. The molecule has 0 aromatic rings. The Bertz CT molecular complexity index is 917. The summed E-state index contributed by atoms with van der Waals surface area (Å²) >= 11 is 0. The highest BCUT2D eigenvalue weighted by molar-refractivity contribution is 5.86. The first-order chi connectivity index (χ1) is 22.7. The van der Waals surface area contributed by atoms with Crippen molar-refractivity contribution in [1.82, 2.24) is 0 Å². The Morgan fingerprint density at radius 1 is 0.420 bits per heavy atom. The Morgan fingerprint density at radius 2 is 0.660 bits per heavy atom. The van der Waals surface area contributed by atoms with Gasteiger partial charge in [-0.15, -0.1) is 0 Å². The molecule has 50 heavy (non-hydrogen) atoms. The lowest BCUT2D eigenvalue weighted by Gasteiger charge is -2.05. The van der Waals surface area contributed by atoms with Gasteiger partial charge in [0.1, 0.15) is 25.2 Å². The van der Waals surface area contributed by atoms with E-state index in [-0.39, 0.29) is 40.0 Å². The minimum atomic E-state index is 0. The predicted molar refractivity (Wildman–Crippen MR) is 215 cm³/mol. The molecule has 0 unspecified atom stereocenters. The molecule has 0 heterocycles. The lowest BCUT2D eigenvalue weighted by molar-refractivity contribution is -0.121. The second-order valence-electron chi connectivity index (χ2n) is 10.8. The predicted octanol–water partition coefficient (Wildman–Crippen LogP) is 7.92. The first kappa shape index (κ1) is 59.0. The smallest absolute Gasteiger partial charge is 0.146 e. The summed E-state index contributed by atoms with van der Waals surface area (Å²) in [6.07, 6.45) is 6.10. The molecule has 0 saturated carbocycles. The van der Waals surface area contributed by atoms with Crippen LogP contribution >= 0.6 is 0 Å². The van der Waals surface area contributed by atoms with Gasteiger partial charge < -0.3 is 30.6 Å². The summed E-state index contributed by atoms with van der Waals surface area (Å²) in [6.45, 7) is 25.2. The normalized spacial score (nSPS) is 12.2. The van der Waals surface area contributed by atoms with Gasteiger partial charge in [-0.3, -0.25) is 9.59 Å². The van der Waals surface area contributed by atoms with E-state index in [2.05, 4.69) is 44.5 Å². The van der Waals surface area contributed by atoms with Gasteiger partial charge >= 0.3 is 0 Å². The zero-order valence-corrected chi connectivity index (χ0v) is 32.2. The highest BCUT2D eigenvalue weighted by Crippen LogP contribution is 1.95. The number of hydrazone groups is 2. The van der Waals surface area contributed by atoms with E-state index in [1.165, 1.54) is 13.8 Å². The molecule has 0 aromatic carbocycles. The molecule has 0 amide bonds. The van der Waals surface area contributed by atoms with Crippen molar-refractivity contribution in [2.75, 3.05) is 40.0 Å². The number of Topliss-reactive ketones (excluding diaryl/α,β-unsaturated/α-hetero) is 2. The van der Waals surface area contributed by atoms with Crippen molar-refractivity contribution in [1.29, 1.82) is 0 Å². The van der Waals surface area contributed by atoms with E-state index in [9.17, 15) is 9.59 Å². The highest BCUT2D eigenvalue weighted by Gasteiger charge is 1.97. The number of ketones is 2. The molecule has 14 nitrogen and oxygen atoms in total. The molecule has 0 fully saturated rings. The van der Waals surface area contributed by atoms with Crippen LogP contribution in [0.5, 0.6) is 0 Å². The number of carbonyl (C=O) groups is 2. The summed E-state index contributed by atoms with van der Waals surface area (Å²) in [7, 11) is 0. The van der Waals surface area contributed by atoms with Crippen LogP contribution in [0.1, 0.15) is 149 Å². The Balaban J connectivity index is -0.000000150. The number of ether oxygens (including phenoxy) is 4. The maximum atomic E-state index is 10.5. The number of nitrogens with two attached hydrogens (primary N) is 2. The monoisotopic (exact) mass is 717 g/mol. The fraction of sp³-hybridized carbons (Fsp3) is 0.778. The molecule has 14 heteroatoms. The van der Waals surface area contributed by atoms with E-state index in [1.807, 2.05) is 55.4 Å². The molecule has 0 radical (unpaired) electrons. The Hall–Kier alpha value is -3.20. The molecular formula is C36H76N8O6. The largest absolute Gasteiger partial charge is 0.355 e. The van der Waals surface area contributed by atoms with Crippen molar-refractivity contribution in [2.24, 2.45) is 42.3 Å². The van der Waals surface area contributed by atoms with Crippen molar-refractivity contribution >= 4 is 45.8 Å². The molecule has 0 aliphatic carbocycles. The van der Waals surface area contributed by atoms with Gasteiger partial charge in [-0.05, 0) is 81.1 Å². The van der Waals surface area contributed by atoms with Crippen LogP contribution in [-0.2, 0) is 28.5 Å². The van der Waals surface area contributed by atoms with Crippen LogP contribution in [0.2, 0.25) is 0 Å². The molecule has 4 N–H and O–H groups in total. The van der Waals surface area contributed by atoms with Crippen LogP contribution in [-0.4, -0.2) is 85.9 Å². The summed E-state index contributed by atoms with van der Waals surface area (Å²) in [6, 6.07) is 0. The quantitative estimate of drug-likeness (QED) is 0.0370. The first-order valence-corrected chi connectivity index (χ1v) is 16.6. The molecule has 296 valence electrons. The summed E-state index contributed by atoms with van der Waals surface area (Å²) in [4.78, 5) is 20.9. The summed E-state index contributed by atoms with van der Waals surface area (Å²) in [5.41, 5.74) is 5.98. The third kappa shape index (κ3) is 57.1. The maximum absolute atomic E-state index is 10.5. The van der Waals surface area contributed by atoms with Gasteiger partial charge in [0, 0.05) is 60.0 Å². The van der Waals surface area contributed by atoms with Gasteiger partial charge in [-0.25, -0.2) is 0 Å². The van der Waals surface area contributed by atoms with Crippen LogP contribution < -0.4 is 11.7 Å². The van der Waals surface area contributed by atoms with Gasteiger partial charge in [0.25, 0.3) is 0 Å². The third-order valence-electron chi connectivity index (χ3n) is 6.02. The standard InChI is InChI=1S/C17H32N4O2.C9H16O4.2C4H10N2.2CH4/c1-7-14(3)18-20-16(5)9-11-22-13-23-12-10-17(6)21-19-15(4)8-2;1-8(10)3-5-12-7-13-6-4-9(2)11;2*1-3-4(2)6-5;;/h7-13H2,1-6H3;3-7H2,1-2H3;2*3,5H2,1-2H3;2*1H4/b18-14+,19-15+,20-16+,21-17+;;2*6-4+;;. The van der Waals surface area contributed by atoms with Gasteiger partial charge in [-0.1, -0.05) is 42.5 Å². The van der Waals surface area contributed by atoms with Crippen molar-refractivity contribution in [3.8, 4) is 0 Å². The number of hydrogen-bond donors (Lipinski definition) is 2. The van der Waals surface area contributed by atoms with Crippen LogP contribution in [0.15, 0.2) is 30.6 Å². The van der Waals surface area contributed by atoms with E-state index >= 15 is 0 Å². The number of nitrogens with zero attached hydrogens (tertiary/aromatic N) is 6. The topological polar surface area (TPSA) is 197 Å². The number of rotatable bonds is 22. The summed E-state index contributed by atoms with van der Waals surface area (Å²) < 4.78 is 20.8. The molecular weight excluding hydrogens is 640 g/mol. The van der Waals surface area contributed by atoms with Crippen molar-refractivity contribution in [3.05, 3.63) is 0 Å². The number of hydrogen-bond acceptors (Lipinski definition) is 14. The maximum Gasteiger partial charge on any atom is 0.146 e. The Morgan fingerprint density at radius 3 is 0.860 bits per heavy atom. The average Bonchev–Trinajstić information content (AvgIpc) is 3.08. The lowest BCUT2D eigenvalue weighted by atomic mass is 10.3. The molecule has 0 aliphatic rings. The summed E-state index contributed by atoms with van der Waals surface area (Å²) in [5.74, 6) is 9.94.